The zero-order valence-electron chi connectivity index (χ0n) is 13.0. The zero-order valence-corrected chi connectivity index (χ0v) is 13.8. The van der Waals surface area contributed by atoms with Crippen LogP contribution in [0.15, 0.2) is 18.2 Å². The fourth-order valence-electron chi connectivity index (χ4n) is 2.51. The second-order valence-corrected chi connectivity index (χ2v) is 6.03. The van der Waals surface area contributed by atoms with Crippen LogP contribution < -0.4 is 14.9 Å². The highest BCUT2D eigenvalue weighted by Crippen LogP contribution is 2.38. The molecule has 3 rings (SSSR count). The molecule has 124 valence electrons. The maximum atomic E-state index is 12.0. The Balaban J connectivity index is 1.61. The molecule has 0 unspecified atom stereocenters. The van der Waals surface area contributed by atoms with Crippen LogP contribution in [0.2, 0.25) is 5.02 Å². The first kappa shape index (κ1) is 16.1. The van der Waals surface area contributed by atoms with Crippen molar-refractivity contribution in [2.45, 2.75) is 0 Å². The first-order valence-electron chi connectivity index (χ1n) is 7.63. The SMILES string of the molecule is CN1CCN(NC(=O)/C=C/c2cc(Cl)c3c(c2)OCCO3)CC1. The van der Waals surface area contributed by atoms with E-state index in [1.54, 1.807) is 12.1 Å². The maximum absolute atomic E-state index is 12.0. The minimum Gasteiger partial charge on any atom is -0.486 e. The molecule has 1 amide bonds. The van der Waals surface area contributed by atoms with Gasteiger partial charge in [-0.15, -0.1) is 0 Å². The third kappa shape index (κ3) is 4.16. The van der Waals surface area contributed by atoms with E-state index >= 15 is 0 Å². The summed E-state index contributed by atoms with van der Waals surface area (Å²) in [6.07, 6.45) is 3.22. The summed E-state index contributed by atoms with van der Waals surface area (Å²) in [5.74, 6) is 1.03. The Morgan fingerprint density at radius 2 is 1.96 bits per heavy atom. The van der Waals surface area contributed by atoms with E-state index in [0.29, 0.717) is 29.7 Å². The van der Waals surface area contributed by atoms with Gasteiger partial charge in [0, 0.05) is 32.3 Å². The number of hydrogen-bond donors (Lipinski definition) is 1. The highest BCUT2D eigenvalue weighted by molar-refractivity contribution is 6.32. The van der Waals surface area contributed by atoms with Crippen molar-refractivity contribution in [1.29, 1.82) is 0 Å². The van der Waals surface area contributed by atoms with Crippen molar-refractivity contribution in [2.24, 2.45) is 0 Å². The maximum Gasteiger partial charge on any atom is 0.258 e. The summed E-state index contributed by atoms with van der Waals surface area (Å²) in [5.41, 5.74) is 3.68. The number of halogens is 1. The number of likely N-dealkylation sites (N-methyl/N-ethyl adjacent to an activating group) is 1. The van der Waals surface area contributed by atoms with Crippen molar-refractivity contribution in [1.82, 2.24) is 15.3 Å². The quantitative estimate of drug-likeness (QED) is 0.845. The monoisotopic (exact) mass is 337 g/mol. The van der Waals surface area contributed by atoms with Crippen LogP contribution in [-0.2, 0) is 4.79 Å². The van der Waals surface area contributed by atoms with Gasteiger partial charge in [-0.3, -0.25) is 10.2 Å². The van der Waals surface area contributed by atoms with E-state index in [0.717, 1.165) is 31.7 Å². The lowest BCUT2D eigenvalue weighted by Crippen LogP contribution is -2.52. The van der Waals surface area contributed by atoms with Crippen LogP contribution in [0.5, 0.6) is 11.5 Å². The second kappa shape index (κ2) is 7.21. The summed E-state index contributed by atoms with van der Waals surface area (Å²) in [6, 6.07) is 3.58. The Bertz CT molecular complexity index is 613. The van der Waals surface area contributed by atoms with E-state index < -0.39 is 0 Å². The molecule has 7 heteroatoms. The minimum absolute atomic E-state index is 0.152. The predicted molar refractivity (Wildman–Crippen MR) is 88.7 cm³/mol. The number of nitrogens with zero attached hydrogens (tertiary/aromatic N) is 2. The Morgan fingerprint density at radius 1 is 1.22 bits per heavy atom. The lowest BCUT2D eigenvalue weighted by Gasteiger charge is -2.31. The van der Waals surface area contributed by atoms with Crippen molar-refractivity contribution in [3.05, 3.63) is 28.8 Å². The first-order valence-corrected chi connectivity index (χ1v) is 8.01. The normalized spacial score (nSPS) is 19.0. The largest absolute Gasteiger partial charge is 0.486 e. The number of benzene rings is 1. The number of nitrogens with one attached hydrogen (secondary N) is 1. The molecule has 2 heterocycles. The third-order valence-electron chi connectivity index (χ3n) is 3.82. The molecule has 1 N–H and O–H groups in total. The summed E-state index contributed by atoms with van der Waals surface area (Å²) >= 11 is 6.18. The van der Waals surface area contributed by atoms with Gasteiger partial charge in [0.25, 0.3) is 5.91 Å². The first-order chi connectivity index (χ1) is 11.1. The number of hydrazine groups is 1. The smallest absolute Gasteiger partial charge is 0.258 e. The topological polar surface area (TPSA) is 54.0 Å². The molecule has 2 aliphatic heterocycles. The van der Waals surface area contributed by atoms with Gasteiger partial charge in [0.15, 0.2) is 11.5 Å². The highest BCUT2D eigenvalue weighted by atomic mass is 35.5. The third-order valence-corrected chi connectivity index (χ3v) is 4.10. The highest BCUT2D eigenvalue weighted by Gasteiger charge is 2.17. The predicted octanol–water partition coefficient (Wildman–Crippen LogP) is 1.40. The van der Waals surface area contributed by atoms with Gasteiger partial charge < -0.3 is 14.4 Å². The van der Waals surface area contributed by atoms with Gasteiger partial charge in [-0.25, -0.2) is 5.01 Å². The average molecular weight is 338 g/mol. The Kier molecular flexibility index (Phi) is 5.05. The molecule has 0 aliphatic carbocycles. The van der Waals surface area contributed by atoms with E-state index in [1.165, 1.54) is 6.08 Å². The number of amides is 1. The number of carbonyl (C=O) groups is 1. The van der Waals surface area contributed by atoms with Crippen molar-refractivity contribution in [3.8, 4) is 11.5 Å². The van der Waals surface area contributed by atoms with E-state index in [-0.39, 0.29) is 5.91 Å². The molecule has 0 bridgehead atoms. The Labute approximate surface area is 140 Å². The number of carbonyl (C=O) groups excluding carboxylic acids is 1. The van der Waals surface area contributed by atoms with Gasteiger partial charge in [-0.05, 0) is 30.8 Å². The molecule has 0 aromatic heterocycles. The van der Waals surface area contributed by atoms with Gasteiger partial charge in [0.05, 0.1) is 5.02 Å². The summed E-state index contributed by atoms with van der Waals surface area (Å²) in [7, 11) is 2.07. The Morgan fingerprint density at radius 3 is 2.74 bits per heavy atom. The molecule has 0 saturated carbocycles. The summed E-state index contributed by atoms with van der Waals surface area (Å²) in [6.45, 7) is 4.54. The summed E-state index contributed by atoms with van der Waals surface area (Å²) in [5, 5.41) is 2.42. The summed E-state index contributed by atoms with van der Waals surface area (Å²) in [4.78, 5) is 14.2. The van der Waals surface area contributed by atoms with Crippen LogP contribution >= 0.6 is 11.6 Å². The fourth-order valence-corrected chi connectivity index (χ4v) is 2.78. The molecule has 0 radical (unpaired) electrons. The van der Waals surface area contributed by atoms with Crippen molar-refractivity contribution in [2.75, 3.05) is 46.4 Å². The molecule has 0 atom stereocenters. The average Bonchev–Trinajstić information content (AvgIpc) is 2.55. The number of hydrogen-bond acceptors (Lipinski definition) is 5. The lowest BCUT2D eigenvalue weighted by molar-refractivity contribution is -0.121. The van der Waals surface area contributed by atoms with Crippen LogP contribution in [0, 0.1) is 0 Å². The van der Waals surface area contributed by atoms with Crippen LogP contribution in [-0.4, -0.2) is 62.3 Å². The van der Waals surface area contributed by atoms with Crippen molar-refractivity contribution in [3.63, 3.8) is 0 Å². The van der Waals surface area contributed by atoms with E-state index in [1.807, 2.05) is 11.1 Å². The van der Waals surface area contributed by atoms with Gasteiger partial charge in [-0.1, -0.05) is 11.6 Å². The number of rotatable bonds is 3. The molecule has 0 spiro atoms. The van der Waals surface area contributed by atoms with Gasteiger partial charge in [-0.2, -0.15) is 0 Å². The number of fused-ring (bicyclic) bond motifs is 1. The lowest BCUT2D eigenvalue weighted by atomic mass is 10.1. The van der Waals surface area contributed by atoms with Crippen LogP contribution in [0.4, 0.5) is 0 Å². The second-order valence-electron chi connectivity index (χ2n) is 5.63. The molecular weight excluding hydrogens is 318 g/mol. The van der Waals surface area contributed by atoms with Crippen molar-refractivity contribution < 1.29 is 14.3 Å². The molecule has 2 aliphatic rings. The van der Waals surface area contributed by atoms with E-state index in [2.05, 4.69) is 17.4 Å². The number of piperazine rings is 1. The van der Waals surface area contributed by atoms with Crippen LogP contribution in [0.1, 0.15) is 5.56 Å². The van der Waals surface area contributed by atoms with E-state index in [9.17, 15) is 4.79 Å². The number of ether oxygens (including phenoxy) is 2. The molecule has 23 heavy (non-hydrogen) atoms. The minimum atomic E-state index is -0.152. The molecular formula is C16H20ClN3O3. The van der Waals surface area contributed by atoms with Crippen molar-refractivity contribution >= 4 is 23.6 Å². The van der Waals surface area contributed by atoms with Crippen LogP contribution in [0.25, 0.3) is 6.08 Å². The molecule has 6 nitrogen and oxygen atoms in total. The molecule has 1 aromatic rings. The Hall–Kier alpha value is -1.76. The van der Waals surface area contributed by atoms with Crippen LogP contribution in [0.3, 0.4) is 0 Å². The summed E-state index contributed by atoms with van der Waals surface area (Å²) < 4.78 is 11.0. The molecule has 1 aromatic carbocycles. The molecule has 1 fully saturated rings. The van der Waals surface area contributed by atoms with Gasteiger partial charge in [0.1, 0.15) is 13.2 Å². The molecule has 1 saturated heterocycles. The van der Waals surface area contributed by atoms with E-state index in [4.69, 9.17) is 21.1 Å². The zero-order chi connectivity index (χ0) is 16.2. The fraction of sp³-hybridized carbons (Fsp3) is 0.438. The standard InChI is InChI=1S/C16H20ClN3O3/c1-19-4-6-20(7-5-19)18-15(21)3-2-12-10-13(17)16-14(11-12)22-8-9-23-16/h2-3,10-11H,4-9H2,1H3,(H,18,21)/b3-2+. The van der Waals surface area contributed by atoms with Gasteiger partial charge in [0.2, 0.25) is 0 Å². The van der Waals surface area contributed by atoms with Gasteiger partial charge >= 0.3 is 0 Å².